The fourth-order valence-corrected chi connectivity index (χ4v) is 5.57. The molecule has 2 fully saturated rings. The zero-order valence-corrected chi connectivity index (χ0v) is 21.9. The van der Waals surface area contributed by atoms with Crippen molar-refractivity contribution in [3.8, 4) is 11.3 Å². The maximum absolute atomic E-state index is 13.0. The van der Waals surface area contributed by atoms with Crippen LogP contribution in [0.25, 0.3) is 11.3 Å². The quantitative estimate of drug-likeness (QED) is 0.232. The maximum atomic E-state index is 13.0. The monoisotopic (exact) mass is 520 g/mol. The van der Waals surface area contributed by atoms with E-state index < -0.39 is 0 Å². The molecular formula is C28H32N4O4S. The van der Waals surface area contributed by atoms with Crippen molar-refractivity contribution in [1.29, 1.82) is 0 Å². The summed E-state index contributed by atoms with van der Waals surface area (Å²) in [5.74, 6) is 1.73. The number of nitrogens with zero attached hydrogens (tertiary/aromatic N) is 4. The molecule has 8 nitrogen and oxygen atoms in total. The number of esters is 1. The van der Waals surface area contributed by atoms with Gasteiger partial charge in [0, 0.05) is 37.8 Å². The van der Waals surface area contributed by atoms with Gasteiger partial charge in [-0.1, -0.05) is 42.1 Å². The Hall–Kier alpha value is -3.33. The number of rotatable bonds is 8. The molecule has 2 aromatic heterocycles. The normalized spacial score (nSPS) is 17.7. The van der Waals surface area contributed by atoms with Gasteiger partial charge in [0.25, 0.3) is 5.91 Å². The maximum Gasteiger partial charge on any atom is 0.310 e. The van der Waals surface area contributed by atoms with E-state index in [1.54, 1.807) is 17.9 Å². The fraction of sp³-hybridized carbons (Fsp3) is 0.429. The molecule has 37 heavy (non-hydrogen) atoms. The summed E-state index contributed by atoms with van der Waals surface area (Å²) in [6.07, 6.45) is 3.86. The first-order valence-corrected chi connectivity index (χ1v) is 14.0. The number of hydrogen-bond donors (Lipinski definition) is 0. The van der Waals surface area contributed by atoms with Crippen molar-refractivity contribution in [3.63, 3.8) is 0 Å². The summed E-state index contributed by atoms with van der Waals surface area (Å²) in [4.78, 5) is 38.8. The largest absolute Gasteiger partial charge is 0.466 e. The van der Waals surface area contributed by atoms with Gasteiger partial charge in [-0.2, -0.15) is 0 Å². The van der Waals surface area contributed by atoms with Crippen LogP contribution in [0.5, 0.6) is 0 Å². The standard InChI is InChI=1S/C28H32N4O4S/c1-2-35-27(34)21-11-8-16-32(18-21)26(33)24-13-12-22(36-24)19-37-28-29-23(20-9-4-3-5-10-20)17-25(30-28)31-14-6-7-15-31/h3-5,9-10,12-13,17,21H,2,6-8,11,14-16,18-19H2,1H3/t21-/m0/s1. The van der Waals surface area contributed by atoms with Crippen LogP contribution in [0.15, 0.2) is 58.1 Å². The van der Waals surface area contributed by atoms with Crippen molar-refractivity contribution in [2.45, 2.75) is 43.5 Å². The highest BCUT2D eigenvalue weighted by atomic mass is 32.2. The number of ether oxygens (including phenoxy) is 1. The number of amides is 1. The van der Waals surface area contributed by atoms with Gasteiger partial charge >= 0.3 is 5.97 Å². The van der Waals surface area contributed by atoms with Crippen molar-refractivity contribution >= 4 is 29.5 Å². The van der Waals surface area contributed by atoms with Crippen molar-refractivity contribution in [2.24, 2.45) is 5.92 Å². The zero-order chi connectivity index (χ0) is 25.6. The van der Waals surface area contributed by atoms with E-state index in [1.807, 2.05) is 24.3 Å². The minimum absolute atomic E-state index is 0.191. The van der Waals surface area contributed by atoms with Crippen LogP contribution < -0.4 is 4.90 Å². The molecule has 9 heteroatoms. The van der Waals surface area contributed by atoms with Gasteiger partial charge in [-0.3, -0.25) is 9.59 Å². The van der Waals surface area contributed by atoms with Gasteiger partial charge in [0.15, 0.2) is 10.9 Å². The second-order valence-electron chi connectivity index (χ2n) is 9.35. The molecule has 2 aliphatic heterocycles. The summed E-state index contributed by atoms with van der Waals surface area (Å²) in [5, 5.41) is 0.681. The number of carbonyl (C=O) groups excluding carboxylic acids is 2. The molecule has 0 N–H and O–H groups in total. The summed E-state index contributed by atoms with van der Waals surface area (Å²) in [5.41, 5.74) is 1.96. The fourth-order valence-electron chi connectivity index (χ4n) is 4.82. The molecule has 0 spiro atoms. The Morgan fingerprint density at radius 2 is 1.86 bits per heavy atom. The molecule has 1 amide bonds. The van der Waals surface area contributed by atoms with E-state index in [1.165, 1.54) is 24.6 Å². The smallest absolute Gasteiger partial charge is 0.310 e. The van der Waals surface area contributed by atoms with Crippen LogP contribution in [-0.4, -0.2) is 59.5 Å². The zero-order valence-electron chi connectivity index (χ0n) is 21.1. The summed E-state index contributed by atoms with van der Waals surface area (Å²) < 4.78 is 11.1. The Morgan fingerprint density at radius 3 is 2.65 bits per heavy atom. The first-order chi connectivity index (χ1) is 18.1. The predicted molar refractivity (Wildman–Crippen MR) is 142 cm³/mol. The number of likely N-dealkylation sites (tertiary alicyclic amines) is 1. The van der Waals surface area contributed by atoms with Crippen LogP contribution in [-0.2, 0) is 15.3 Å². The second-order valence-corrected chi connectivity index (χ2v) is 10.3. The Labute approximate surface area is 221 Å². The summed E-state index contributed by atoms with van der Waals surface area (Å²) >= 11 is 1.50. The van der Waals surface area contributed by atoms with E-state index in [4.69, 9.17) is 19.1 Å². The van der Waals surface area contributed by atoms with Crippen LogP contribution in [0.3, 0.4) is 0 Å². The van der Waals surface area contributed by atoms with Crippen LogP contribution in [0, 0.1) is 5.92 Å². The third kappa shape index (κ3) is 6.15. The first kappa shape index (κ1) is 25.3. The third-order valence-electron chi connectivity index (χ3n) is 6.74. The molecule has 4 heterocycles. The average Bonchev–Trinajstić information content (AvgIpc) is 3.65. The third-order valence-corrected chi connectivity index (χ3v) is 7.61. The van der Waals surface area contributed by atoms with Crippen LogP contribution in [0.4, 0.5) is 5.82 Å². The minimum atomic E-state index is -0.276. The van der Waals surface area contributed by atoms with Gasteiger partial charge in [-0.25, -0.2) is 9.97 Å². The number of hydrogen-bond acceptors (Lipinski definition) is 8. The summed E-state index contributed by atoms with van der Waals surface area (Å²) in [6.45, 7) is 5.13. The lowest BCUT2D eigenvalue weighted by molar-refractivity contribution is -0.149. The highest BCUT2D eigenvalue weighted by molar-refractivity contribution is 7.98. The van der Waals surface area contributed by atoms with Crippen LogP contribution in [0.2, 0.25) is 0 Å². The highest BCUT2D eigenvalue weighted by Crippen LogP contribution is 2.29. The number of aromatic nitrogens is 2. The van der Waals surface area contributed by atoms with E-state index in [-0.39, 0.29) is 23.6 Å². The molecule has 5 rings (SSSR count). The van der Waals surface area contributed by atoms with Crippen LogP contribution >= 0.6 is 11.8 Å². The lowest BCUT2D eigenvalue weighted by atomic mass is 9.98. The van der Waals surface area contributed by atoms with E-state index in [0.717, 1.165) is 43.0 Å². The Kier molecular flexibility index (Phi) is 8.08. The minimum Gasteiger partial charge on any atom is -0.466 e. The molecule has 0 aliphatic carbocycles. The Bertz CT molecular complexity index is 1230. The lowest BCUT2D eigenvalue weighted by Crippen LogP contribution is -2.42. The number of benzene rings is 1. The summed E-state index contributed by atoms with van der Waals surface area (Å²) in [6, 6.07) is 15.7. The van der Waals surface area contributed by atoms with Crippen molar-refractivity contribution in [3.05, 3.63) is 60.1 Å². The van der Waals surface area contributed by atoms with E-state index in [0.29, 0.717) is 36.4 Å². The predicted octanol–water partition coefficient (Wildman–Crippen LogP) is 5.04. The van der Waals surface area contributed by atoms with Crippen molar-refractivity contribution in [2.75, 3.05) is 37.7 Å². The molecule has 0 bridgehead atoms. The van der Waals surface area contributed by atoms with Gasteiger partial charge in [0.1, 0.15) is 11.6 Å². The van der Waals surface area contributed by atoms with E-state index in [2.05, 4.69) is 23.1 Å². The molecule has 0 unspecified atom stereocenters. The molecule has 0 saturated carbocycles. The molecule has 194 valence electrons. The first-order valence-electron chi connectivity index (χ1n) is 13.0. The van der Waals surface area contributed by atoms with Gasteiger partial charge in [0.2, 0.25) is 0 Å². The average molecular weight is 521 g/mol. The second kappa shape index (κ2) is 11.8. The highest BCUT2D eigenvalue weighted by Gasteiger charge is 2.31. The number of carbonyl (C=O) groups is 2. The van der Waals surface area contributed by atoms with Gasteiger partial charge < -0.3 is 19.0 Å². The number of anilines is 1. The number of piperidine rings is 1. The molecule has 0 radical (unpaired) electrons. The van der Waals surface area contributed by atoms with Crippen LogP contribution in [0.1, 0.15) is 48.9 Å². The molecule has 1 aromatic carbocycles. The molecule has 3 aromatic rings. The lowest BCUT2D eigenvalue weighted by Gasteiger charge is -2.30. The topological polar surface area (TPSA) is 88.8 Å². The number of furan rings is 1. The van der Waals surface area contributed by atoms with Gasteiger partial charge in [0.05, 0.1) is 24.0 Å². The van der Waals surface area contributed by atoms with Gasteiger partial charge in [-0.15, -0.1) is 0 Å². The van der Waals surface area contributed by atoms with Crippen molar-refractivity contribution in [1.82, 2.24) is 14.9 Å². The SMILES string of the molecule is CCOC(=O)[C@H]1CCCN(C(=O)c2ccc(CSc3nc(-c4ccccc4)cc(N4CCCC4)n3)o2)C1. The van der Waals surface area contributed by atoms with Crippen molar-refractivity contribution < 1.29 is 18.7 Å². The summed E-state index contributed by atoms with van der Waals surface area (Å²) in [7, 11) is 0. The molecular weight excluding hydrogens is 488 g/mol. The molecule has 2 saturated heterocycles. The number of thioether (sulfide) groups is 1. The Morgan fingerprint density at radius 1 is 1.05 bits per heavy atom. The van der Waals surface area contributed by atoms with E-state index >= 15 is 0 Å². The molecule has 1 atom stereocenters. The van der Waals surface area contributed by atoms with E-state index in [9.17, 15) is 9.59 Å². The Balaban J connectivity index is 1.27. The van der Waals surface area contributed by atoms with Gasteiger partial charge in [-0.05, 0) is 44.7 Å². The molecule has 2 aliphatic rings.